The first kappa shape index (κ1) is 12.8. The lowest BCUT2D eigenvalue weighted by Gasteiger charge is -2.14. The van der Waals surface area contributed by atoms with Crippen molar-refractivity contribution in [1.82, 2.24) is 5.32 Å². The Morgan fingerprint density at radius 2 is 2.36 bits per heavy atom. The second-order valence-electron chi connectivity index (χ2n) is 3.03. The zero-order chi connectivity index (χ0) is 10.8. The van der Waals surface area contributed by atoms with Crippen LogP contribution in [0.2, 0.25) is 0 Å². The summed E-state index contributed by atoms with van der Waals surface area (Å²) >= 11 is 0. The number of nitrogens with one attached hydrogen (secondary N) is 1. The molecule has 0 radical (unpaired) electrons. The van der Waals surface area contributed by atoms with Gasteiger partial charge in [0, 0.05) is 25.4 Å². The van der Waals surface area contributed by atoms with Crippen molar-refractivity contribution in [2.24, 2.45) is 10.9 Å². The van der Waals surface area contributed by atoms with Crippen molar-refractivity contribution in [2.45, 2.75) is 39.2 Å². The van der Waals surface area contributed by atoms with Crippen molar-refractivity contribution < 1.29 is 5.21 Å². The molecule has 0 heterocycles. The lowest BCUT2D eigenvalue weighted by atomic mass is 10.1. The van der Waals surface area contributed by atoms with Gasteiger partial charge in [0.25, 0.3) is 0 Å². The predicted molar refractivity (Wildman–Crippen MR) is 58.2 cm³/mol. The van der Waals surface area contributed by atoms with Crippen molar-refractivity contribution in [3.05, 3.63) is 0 Å². The molecule has 4 nitrogen and oxygen atoms in total. The monoisotopic (exact) mass is 197 g/mol. The Morgan fingerprint density at radius 1 is 1.64 bits per heavy atom. The summed E-state index contributed by atoms with van der Waals surface area (Å²) in [7, 11) is 0. The van der Waals surface area contributed by atoms with Crippen molar-refractivity contribution in [3.8, 4) is 11.8 Å². The Hall–Kier alpha value is -1.21. The van der Waals surface area contributed by atoms with Crippen LogP contribution < -0.4 is 11.1 Å². The van der Waals surface area contributed by atoms with Crippen LogP contribution in [0.1, 0.15) is 33.1 Å². The predicted octanol–water partition coefficient (Wildman–Crippen LogP) is 0.905. The first-order valence-corrected chi connectivity index (χ1v) is 4.84. The summed E-state index contributed by atoms with van der Waals surface area (Å²) in [6, 6.07) is 0.268. The van der Waals surface area contributed by atoms with E-state index < -0.39 is 0 Å². The van der Waals surface area contributed by atoms with E-state index >= 15 is 0 Å². The van der Waals surface area contributed by atoms with Crippen LogP contribution in [0.25, 0.3) is 0 Å². The normalized spacial score (nSPS) is 13.1. The minimum absolute atomic E-state index is 0.268. The van der Waals surface area contributed by atoms with E-state index in [1.165, 1.54) is 0 Å². The Kier molecular flexibility index (Phi) is 7.67. The fourth-order valence-corrected chi connectivity index (χ4v) is 1.12. The van der Waals surface area contributed by atoms with Gasteiger partial charge in [-0.15, -0.1) is 11.8 Å². The standard InChI is InChI=1S/C10H19N3O/c1-3-5-6-7-12-9(4-2)8-10(11)13-14/h9,12,14H,4,6-8H2,1-2H3,(H2,11,13). The summed E-state index contributed by atoms with van der Waals surface area (Å²) in [4.78, 5) is 0. The highest BCUT2D eigenvalue weighted by Crippen LogP contribution is 1.97. The maximum atomic E-state index is 8.40. The molecule has 80 valence electrons. The van der Waals surface area contributed by atoms with Crippen LogP contribution in [-0.2, 0) is 0 Å². The molecule has 0 spiro atoms. The molecule has 4 heteroatoms. The number of rotatable bonds is 6. The second-order valence-corrected chi connectivity index (χ2v) is 3.03. The van der Waals surface area contributed by atoms with E-state index in [1.54, 1.807) is 0 Å². The highest BCUT2D eigenvalue weighted by atomic mass is 16.4. The van der Waals surface area contributed by atoms with E-state index in [2.05, 4.69) is 29.2 Å². The van der Waals surface area contributed by atoms with Gasteiger partial charge in [0.15, 0.2) is 0 Å². The molecule has 4 N–H and O–H groups in total. The van der Waals surface area contributed by atoms with E-state index in [-0.39, 0.29) is 11.9 Å². The molecule has 0 saturated heterocycles. The van der Waals surface area contributed by atoms with Crippen molar-refractivity contribution in [3.63, 3.8) is 0 Å². The largest absolute Gasteiger partial charge is 0.409 e. The summed E-state index contributed by atoms with van der Waals surface area (Å²) < 4.78 is 0. The highest BCUT2D eigenvalue weighted by molar-refractivity contribution is 5.80. The van der Waals surface area contributed by atoms with Crippen LogP contribution in [-0.4, -0.2) is 23.6 Å². The number of oxime groups is 1. The minimum atomic E-state index is 0.268. The fourth-order valence-electron chi connectivity index (χ4n) is 1.12. The summed E-state index contributed by atoms with van der Waals surface area (Å²) in [6.45, 7) is 4.74. The number of amidine groups is 1. The molecule has 0 aliphatic rings. The van der Waals surface area contributed by atoms with Gasteiger partial charge in [0.2, 0.25) is 0 Å². The average Bonchev–Trinajstić information content (AvgIpc) is 2.22. The molecular formula is C10H19N3O. The van der Waals surface area contributed by atoms with Gasteiger partial charge in [-0.05, 0) is 13.3 Å². The van der Waals surface area contributed by atoms with Crippen molar-refractivity contribution >= 4 is 5.84 Å². The van der Waals surface area contributed by atoms with Crippen LogP contribution in [0.5, 0.6) is 0 Å². The number of nitrogens with two attached hydrogens (primary N) is 1. The fraction of sp³-hybridized carbons (Fsp3) is 0.700. The third-order valence-corrected chi connectivity index (χ3v) is 1.94. The maximum absolute atomic E-state index is 8.40. The van der Waals surface area contributed by atoms with Crippen LogP contribution in [0.15, 0.2) is 5.16 Å². The van der Waals surface area contributed by atoms with E-state index in [1.807, 2.05) is 6.92 Å². The summed E-state index contributed by atoms with van der Waals surface area (Å²) in [6.07, 6.45) is 2.37. The third-order valence-electron chi connectivity index (χ3n) is 1.94. The summed E-state index contributed by atoms with van der Waals surface area (Å²) in [5, 5.41) is 14.6. The Bertz CT molecular complexity index is 227. The molecule has 1 unspecified atom stereocenters. The van der Waals surface area contributed by atoms with Crippen LogP contribution >= 0.6 is 0 Å². The molecule has 0 aliphatic carbocycles. The molecule has 0 fully saturated rings. The SMILES string of the molecule is CC#CCCNC(CC)CC(N)=NO. The Morgan fingerprint density at radius 3 is 2.86 bits per heavy atom. The molecule has 0 saturated carbocycles. The number of nitrogens with zero attached hydrogens (tertiary/aromatic N) is 1. The van der Waals surface area contributed by atoms with Gasteiger partial charge in [-0.1, -0.05) is 12.1 Å². The lowest BCUT2D eigenvalue weighted by molar-refractivity contribution is 0.315. The zero-order valence-corrected chi connectivity index (χ0v) is 8.88. The lowest BCUT2D eigenvalue weighted by Crippen LogP contribution is -2.33. The van der Waals surface area contributed by atoms with Crippen molar-refractivity contribution in [2.75, 3.05) is 6.54 Å². The van der Waals surface area contributed by atoms with Crippen LogP contribution in [0.3, 0.4) is 0 Å². The molecule has 0 aromatic heterocycles. The third kappa shape index (κ3) is 6.32. The molecule has 1 atom stereocenters. The van der Waals surface area contributed by atoms with Gasteiger partial charge < -0.3 is 16.3 Å². The van der Waals surface area contributed by atoms with Gasteiger partial charge >= 0.3 is 0 Å². The summed E-state index contributed by atoms with van der Waals surface area (Å²) in [5.41, 5.74) is 5.41. The van der Waals surface area contributed by atoms with E-state index in [4.69, 9.17) is 10.9 Å². The molecule has 14 heavy (non-hydrogen) atoms. The molecule has 0 aromatic rings. The van der Waals surface area contributed by atoms with Gasteiger partial charge in [-0.3, -0.25) is 0 Å². The van der Waals surface area contributed by atoms with Crippen LogP contribution in [0.4, 0.5) is 0 Å². The zero-order valence-electron chi connectivity index (χ0n) is 8.88. The van der Waals surface area contributed by atoms with E-state index in [9.17, 15) is 0 Å². The second kappa shape index (κ2) is 8.39. The highest BCUT2D eigenvalue weighted by Gasteiger charge is 2.06. The quantitative estimate of drug-likeness (QED) is 0.148. The van der Waals surface area contributed by atoms with Gasteiger partial charge in [0.05, 0.1) is 0 Å². The van der Waals surface area contributed by atoms with Gasteiger partial charge in [0.1, 0.15) is 5.84 Å². The minimum Gasteiger partial charge on any atom is -0.409 e. The van der Waals surface area contributed by atoms with Crippen LogP contribution in [0, 0.1) is 11.8 Å². The molecule has 0 amide bonds. The van der Waals surface area contributed by atoms with E-state index in [0.717, 1.165) is 19.4 Å². The summed E-state index contributed by atoms with van der Waals surface area (Å²) in [5.74, 6) is 6.07. The molecule has 0 bridgehead atoms. The topological polar surface area (TPSA) is 70.6 Å². The Labute approximate surface area is 85.6 Å². The smallest absolute Gasteiger partial charge is 0.140 e. The molecule has 0 rings (SSSR count). The van der Waals surface area contributed by atoms with Crippen molar-refractivity contribution in [1.29, 1.82) is 0 Å². The first-order valence-electron chi connectivity index (χ1n) is 4.84. The molecule has 0 aromatic carbocycles. The average molecular weight is 197 g/mol. The number of hydrogen-bond acceptors (Lipinski definition) is 3. The van der Waals surface area contributed by atoms with E-state index in [0.29, 0.717) is 6.42 Å². The maximum Gasteiger partial charge on any atom is 0.140 e. The van der Waals surface area contributed by atoms with Gasteiger partial charge in [-0.25, -0.2) is 0 Å². The molecule has 0 aliphatic heterocycles. The molecular weight excluding hydrogens is 178 g/mol. The van der Waals surface area contributed by atoms with Gasteiger partial charge in [-0.2, -0.15) is 0 Å². The first-order chi connectivity index (χ1) is 6.74. The number of hydrogen-bond donors (Lipinski definition) is 3. The Balaban J connectivity index is 3.72.